The lowest BCUT2D eigenvalue weighted by molar-refractivity contribution is -0.143. The van der Waals surface area contributed by atoms with Gasteiger partial charge in [-0.25, -0.2) is 0 Å². The van der Waals surface area contributed by atoms with Crippen molar-refractivity contribution in [2.45, 2.75) is 233 Å². The van der Waals surface area contributed by atoms with Crippen molar-refractivity contribution in [3.63, 3.8) is 0 Å². The number of aldehydes is 1. The normalized spacial score (nSPS) is 18.0. The van der Waals surface area contributed by atoms with Crippen molar-refractivity contribution in [1.29, 1.82) is 0 Å². The Kier molecular flexibility index (Phi) is 35.4. The second-order valence-electron chi connectivity index (χ2n) is 20.0. The number of hydrogen-bond donors (Lipinski definition) is 8. The molecule has 418 valence electrons. The largest absolute Gasteiger partial charge is 0.508 e. The Balaban J connectivity index is 0.00000513. The summed E-state index contributed by atoms with van der Waals surface area (Å²) in [6.07, 6.45) is 14.2. The Morgan fingerprint density at radius 2 is 1.30 bits per heavy atom. The fourth-order valence-electron chi connectivity index (χ4n) is 9.42. The second kappa shape index (κ2) is 38.9. The molecule has 1 aromatic carbocycles. The van der Waals surface area contributed by atoms with Crippen LogP contribution in [-0.4, -0.2) is 137 Å². The molecule has 0 spiro atoms. The minimum Gasteiger partial charge on any atom is -0.508 e. The van der Waals surface area contributed by atoms with Crippen LogP contribution < -0.4 is 32.3 Å². The quantitative estimate of drug-likeness (QED) is 0.0291. The number of hydrogen-bond acceptors (Lipinski definition) is 11. The van der Waals surface area contributed by atoms with Gasteiger partial charge >= 0.3 is 0 Å². The Bertz CT molecular complexity index is 1740. The number of nitrogens with one attached hydrogen (secondary N) is 5. The van der Waals surface area contributed by atoms with Gasteiger partial charge in [-0.1, -0.05) is 119 Å². The third kappa shape index (κ3) is 25.0. The van der Waals surface area contributed by atoms with Gasteiger partial charge in [0.1, 0.15) is 42.2 Å². The second-order valence-corrected chi connectivity index (χ2v) is 20.0. The van der Waals surface area contributed by atoms with Gasteiger partial charge in [0.05, 0.1) is 12.1 Å². The predicted octanol–water partition coefficient (Wildman–Crippen LogP) is 6.20. The summed E-state index contributed by atoms with van der Waals surface area (Å²) < 4.78 is 0. The fraction of sp³-hybridized carbons (Fsp3) is 0.768. The molecule has 0 bridgehead atoms. The SMILES string of the molecule is CC.CCC.CCC(C)CC(C)CCCCCCCCC(=O)NC(CCCNC)C(=O)NC(CC)C(=O)N1CCCC1C(=O)NC(C(=O)NC(CCCN)C(=O)N1CCCC1C=O)C(O)Cc1ccc(O)cc1. The van der Waals surface area contributed by atoms with Crippen LogP contribution in [0.2, 0.25) is 0 Å². The highest BCUT2D eigenvalue weighted by Crippen LogP contribution is 2.23. The van der Waals surface area contributed by atoms with E-state index in [0.717, 1.165) is 37.5 Å². The van der Waals surface area contributed by atoms with Crippen LogP contribution in [0.5, 0.6) is 5.75 Å². The molecule has 6 amide bonds. The zero-order valence-electron chi connectivity index (χ0n) is 46.5. The number of carbonyl (C=O) groups is 7. The number of carbonyl (C=O) groups excluding carboxylic acids is 7. The Labute approximate surface area is 439 Å². The number of likely N-dealkylation sites (tertiary alicyclic amines) is 2. The maximum absolute atomic E-state index is 14.2. The number of aliphatic hydroxyl groups excluding tert-OH is 1. The number of aromatic hydroxyl groups is 1. The lowest BCUT2D eigenvalue weighted by Gasteiger charge is -2.32. The van der Waals surface area contributed by atoms with E-state index in [4.69, 9.17) is 5.73 Å². The standard InChI is InChI=1S/C51H86N8O9.C3H8.C2H6/c1-6-35(3)32-36(4)18-12-10-8-9-11-13-23-45(63)54-41(21-15-29-53-5)47(64)55-40(7-2)50(67)59-31-17-22-43(59)48(65)57-46(44(62)33-37-24-26-39(61)27-25-37)49(66)56-42(20-14-28-52)51(68)58-30-16-19-38(58)34-60;1-3-2;1-2/h24-27,34-36,38,40-44,46,53,61-62H,6-23,28-33,52H2,1-5H3,(H,54,63)(H,55,64)(H,56,66)(H,57,65);3H2,1-2H3;1-2H3. The maximum atomic E-state index is 14.2. The number of phenols is 1. The van der Waals surface area contributed by atoms with Crippen LogP contribution in [0, 0.1) is 11.8 Å². The Morgan fingerprint density at radius 1 is 0.712 bits per heavy atom. The molecule has 2 saturated heterocycles. The number of benzene rings is 1. The molecule has 9 atom stereocenters. The number of phenolic OH excluding ortho intramolecular Hbond substituents is 1. The van der Waals surface area contributed by atoms with Gasteiger partial charge in [0.15, 0.2) is 0 Å². The van der Waals surface area contributed by atoms with Gasteiger partial charge in [-0.2, -0.15) is 0 Å². The molecule has 73 heavy (non-hydrogen) atoms. The van der Waals surface area contributed by atoms with Crippen molar-refractivity contribution in [2.75, 3.05) is 33.2 Å². The number of amides is 6. The van der Waals surface area contributed by atoms with Gasteiger partial charge in [-0.3, -0.25) is 28.8 Å². The van der Waals surface area contributed by atoms with E-state index >= 15 is 0 Å². The van der Waals surface area contributed by atoms with Gasteiger partial charge < -0.3 is 57.1 Å². The third-order valence-electron chi connectivity index (χ3n) is 13.7. The highest BCUT2D eigenvalue weighted by Gasteiger charge is 2.41. The van der Waals surface area contributed by atoms with Crippen molar-refractivity contribution >= 4 is 41.7 Å². The Hall–Kier alpha value is -4.61. The van der Waals surface area contributed by atoms with Gasteiger partial charge in [-0.05, 0) is 120 Å². The van der Waals surface area contributed by atoms with E-state index in [1.807, 2.05) is 20.9 Å². The first-order valence-corrected chi connectivity index (χ1v) is 28.2. The van der Waals surface area contributed by atoms with E-state index in [1.54, 1.807) is 19.1 Å². The predicted molar refractivity (Wildman–Crippen MR) is 290 cm³/mol. The molecule has 3 rings (SSSR count). The van der Waals surface area contributed by atoms with E-state index in [2.05, 4.69) is 61.2 Å². The van der Waals surface area contributed by atoms with E-state index in [1.165, 1.54) is 60.5 Å². The van der Waals surface area contributed by atoms with Crippen LogP contribution >= 0.6 is 0 Å². The summed E-state index contributed by atoms with van der Waals surface area (Å²) in [6, 6.07) is -0.197. The first-order chi connectivity index (χ1) is 35.1. The zero-order chi connectivity index (χ0) is 54.7. The average molecular weight is 1030 g/mol. The van der Waals surface area contributed by atoms with Gasteiger partial charge in [0, 0.05) is 25.9 Å². The van der Waals surface area contributed by atoms with Crippen molar-refractivity contribution in [3.05, 3.63) is 29.8 Å². The summed E-state index contributed by atoms with van der Waals surface area (Å²) in [6.45, 7) is 18.3. The highest BCUT2D eigenvalue weighted by atomic mass is 16.3. The molecule has 0 aliphatic carbocycles. The van der Waals surface area contributed by atoms with Crippen LogP contribution in [0.4, 0.5) is 0 Å². The van der Waals surface area contributed by atoms with Crippen molar-refractivity contribution in [1.82, 2.24) is 36.4 Å². The lowest BCUT2D eigenvalue weighted by Crippen LogP contribution is -2.61. The summed E-state index contributed by atoms with van der Waals surface area (Å²) in [5.41, 5.74) is 6.33. The van der Waals surface area contributed by atoms with Crippen LogP contribution in [0.1, 0.15) is 189 Å². The van der Waals surface area contributed by atoms with Crippen molar-refractivity contribution in [2.24, 2.45) is 17.6 Å². The first-order valence-electron chi connectivity index (χ1n) is 28.2. The average Bonchev–Trinajstić information content (AvgIpc) is 4.08. The van der Waals surface area contributed by atoms with E-state index < -0.39 is 71.9 Å². The third-order valence-corrected chi connectivity index (χ3v) is 13.7. The number of nitrogens with zero attached hydrogens (tertiary/aromatic N) is 2. The number of rotatable bonds is 33. The smallest absolute Gasteiger partial charge is 0.245 e. The molecule has 2 heterocycles. The molecule has 1 aromatic rings. The number of aliphatic hydroxyl groups is 1. The molecule has 17 heteroatoms. The van der Waals surface area contributed by atoms with Crippen molar-refractivity contribution in [3.8, 4) is 5.75 Å². The zero-order valence-corrected chi connectivity index (χ0v) is 46.5. The molecule has 17 nitrogen and oxygen atoms in total. The first kappa shape index (κ1) is 66.4. The molecular formula is C56H100N8O9. The topological polar surface area (TPSA) is 253 Å². The summed E-state index contributed by atoms with van der Waals surface area (Å²) in [5, 5.41) is 35.7. The molecule has 2 aliphatic heterocycles. The van der Waals surface area contributed by atoms with Gasteiger partial charge in [-0.15, -0.1) is 0 Å². The molecule has 0 radical (unpaired) electrons. The molecule has 2 aliphatic rings. The summed E-state index contributed by atoms with van der Waals surface area (Å²) in [7, 11) is 1.81. The monoisotopic (exact) mass is 1030 g/mol. The lowest BCUT2D eigenvalue weighted by atomic mass is 9.91. The number of nitrogens with two attached hydrogens (primary N) is 1. The van der Waals surface area contributed by atoms with E-state index in [0.29, 0.717) is 69.9 Å². The molecule has 9 N–H and O–H groups in total. The summed E-state index contributed by atoms with van der Waals surface area (Å²) >= 11 is 0. The van der Waals surface area contributed by atoms with Crippen LogP contribution in [-0.2, 0) is 40.0 Å². The number of unbranched alkanes of at least 4 members (excludes halogenated alkanes) is 5. The van der Waals surface area contributed by atoms with Crippen LogP contribution in [0.3, 0.4) is 0 Å². The summed E-state index contributed by atoms with van der Waals surface area (Å²) in [5.74, 6) is -1.67. The summed E-state index contributed by atoms with van der Waals surface area (Å²) in [4.78, 5) is 97.8. The van der Waals surface area contributed by atoms with Gasteiger partial charge in [0.2, 0.25) is 35.4 Å². The molecule has 0 aromatic heterocycles. The van der Waals surface area contributed by atoms with E-state index in [9.17, 15) is 43.8 Å². The van der Waals surface area contributed by atoms with Crippen LogP contribution in [0.15, 0.2) is 24.3 Å². The van der Waals surface area contributed by atoms with Crippen LogP contribution in [0.25, 0.3) is 0 Å². The highest BCUT2D eigenvalue weighted by molar-refractivity contribution is 5.97. The minimum absolute atomic E-state index is 0.00341. The van der Waals surface area contributed by atoms with Crippen molar-refractivity contribution < 1.29 is 43.8 Å². The maximum Gasteiger partial charge on any atom is 0.245 e. The molecule has 9 unspecified atom stereocenters. The molecular weight excluding hydrogens is 929 g/mol. The molecule has 2 fully saturated rings. The minimum atomic E-state index is -1.58. The fourth-order valence-corrected chi connectivity index (χ4v) is 9.42. The van der Waals surface area contributed by atoms with Gasteiger partial charge in [0.25, 0.3) is 0 Å². The Morgan fingerprint density at radius 3 is 1.92 bits per heavy atom. The van der Waals surface area contributed by atoms with E-state index in [-0.39, 0.29) is 50.4 Å². The molecule has 0 saturated carbocycles.